The molecule has 2 rings (SSSR count). The molecule has 0 aliphatic rings. The Balaban J connectivity index is 2.07. The predicted molar refractivity (Wildman–Crippen MR) is 98.0 cm³/mol. The van der Waals surface area contributed by atoms with Gasteiger partial charge in [0.2, 0.25) is 11.8 Å². The van der Waals surface area contributed by atoms with Gasteiger partial charge in [-0.15, -0.1) is 0 Å². The molecule has 0 aliphatic heterocycles. The van der Waals surface area contributed by atoms with Gasteiger partial charge in [-0.3, -0.25) is 9.59 Å². The van der Waals surface area contributed by atoms with Crippen molar-refractivity contribution < 1.29 is 19.1 Å². The van der Waals surface area contributed by atoms with Gasteiger partial charge in [-0.2, -0.15) is 0 Å². The molecule has 25 heavy (non-hydrogen) atoms. The molecule has 0 fully saturated rings. The van der Waals surface area contributed by atoms with E-state index in [2.05, 4.69) is 10.6 Å². The number of hydrogen-bond acceptors (Lipinski definition) is 4. The van der Waals surface area contributed by atoms with Gasteiger partial charge in [0, 0.05) is 24.4 Å². The molecular formula is C19H20N2O4. The van der Waals surface area contributed by atoms with Crippen molar-refractivity contribution in [1.82, 2.24) is 0 Å². The molecule has 0 radical (unpaired) electrons. The highest BCUT2D eigenvalue weighted by Crippen LogP contribution is 2.29. The van der Waals surface area contributed by atoms with Gasteiger partial charge in [-0.25, -0.2) is 0 Å². The SMILES string of the molecule is COc1cccc(OC)c1C=CC(=O)Nc1ccc(NC(C)=O)cc1. The number of amides is 2. The Morgan fingerprint density at radius 1 is 0.880 bits per heavy atom. The standard InChI is InChI=1S/C19H20N2O4/c1-13(22)20-14-7-9-15(10-8-14)21-19(23)12-11-16-17(24-2)5-4-6-18(16)25-3/h4-12H,1-3H3,(H,20,22)(H,21,23). The van der Waals surface area contributed by atoms with Crippen LogP contribution in [0.4, 0.5) is 11.4 Å². The van der Waals surface area contributed by atoms with Gasteiger partial charge < -0.3 is 20.1 Å². The first-order chi connectivity index (χ1) is 12.0. The predicted octanol–water partition coefficient (Wildman–Crippen LogP) is 3.31. The summed E-state index contributed by atoms with van der Waals surface area (Å²) in [7, 11) is 3.12. The first-order valence-corrected chi connectivity index (χ1v) is 7.61. The van der Waals surface area contributed by atoms with Crippen LogP contribution in [-0.4, -0.2) is 26.0 Å². The van der Waals surface area contributed by atoms with Crippen LogP contribution in [0.25, 0.3) is 6.08 Å². The normalized spacial score (nSPS) is 10.4. The summed E-state index contributed by atoms with van der Waals surface area (Å²) in [5, 5.41) is 5.41. The number of ether oxygens (including phenoxy) is 2. The van der Waals surface area contributed by atoms with Crippen LogP contribution in [0.2, 0.25) is 0 Å². The lowest BCUT2D eigenvalue weighted by molar-refractivity contribution is -0.114. The van der Waals surface area contributed by atoms with E-state index < -0.39 is 0 Å². The van der Waals surface area contributed by atoms with E-state index in [9.17, 15) is 9.59 Å². The third-order valence-electron chi connectivity index (χ3n) is 3.34. The van der Waals surface area contributed by atoms with Crippen LogP contribution >= 0.6 is 0 Å². The number of rotatable bonds is 6. The van der Waals surface area contributed by atoms with E-state index in [1.165, 1.54) is 13.0 Å². The van der Waals surface area contributed by atoms with Crippen molar-refractivity contribution in [3.05, 3.63) is 54.1 Å². The summed E-state index contributed by atoms with van der Waals surface area (Å²) in [6, 6.07) is 12.2. The van der Waals surface area contributed by atoms with Crippen LogP contribution in [0.5, 0.6) is 11.5 Å². The molecule has 2 aromatic rings. The largest absolute Gasteiger partial charge is 0.496 e. The molecule has 2 amide bonds. The van der Waals surface area contributed by atoms with Crippen LogP contribution < -0.4 is 20.1 Å². The highest BCUT2D eigenvalue weighted by atomic mass is 16.5. The molecule has 0 aliphatic carbocycles. The van der Waals surface area contributed by atoms with E-state index in [1.807, 2.05) is 6.07 Å². The Kier molecular flexibility index (Phi) is 6.17. The number of carbonyl (C=O) groups is 2. The molecule has 0 bridgehead atoms. The second-order valence-corrected chi connectivity index (χ2v) is 5.16. The number of nitrogens with one attached hydrogen (secondary N) is 2. The molecule has 2 aromatic carbocycles. The Morgan fingerprint density at radius 2 is 1.40 bits per heavy atom. The van der Waals surface area contributed by atoms with Gasteiger partial charge in [0.1, 0.15) is 11.5 Å². The van der Waals surface area contributed by atoms with Crippen molar-refractivity contribution in [1.29, 1.82) is 0 Å². The molecule has 2 N–H and O–H groups in total. The molecule has 6 nitrogen and oxygen atoms in total. The number of benzene rings is 2. The third-order valence-corrected chi connectivity index (χ3v) is 3.34. The molecule has 0 saturated carbocycles. The molecule has 0 heterocycles. The van der Waals surface area contributed by atoms with Crippen LogP contribution in [0.3, 0.4) is 0 Å². The zero-order chi connectivity index (χ0) is 18.2. The molecule has 0 aromatic heterocycles. The molecule has 0 saturated heterocycles. The van der Waals surface area contributed by atoms with Gasteiger partial charge in [0.25, 0.3) is 0 Å². The summed E-state index contributed by atoms with van der Waals surface area (Å²) < 4.78 is 10.6. The minimum atomic E-state index is -0.291. The summed E-state index contributed by atoms with van der Waals surface area (Å²) in [5.41, 5.74) is 1.97. The van der Waals surface area contributed by atoms with E-state index in [1.54, 1.807) is 56.7 Å². The molecule has 0 unspecified atom stereocenters. The molecule has 6 heteroatoms. The summed E-state index contributed by atoms with van der Waals surface area (Å²) in [6.45, 7) is 1.44. The maximum atomic E-state index is 12.1. The zero-order valence-corrected chi connectivity index (χ0v) is 14.3. The fraction of sp³-hybridized carbons (Fsp3) is 0.158. The van der Waals surface area contributed by atoms with Gasteiger partial charge in [0.15, 0.2) is 0 Å². The van der Waals surface area contributed by atoms with E-state index in [0.29, 0.717) is 28.4 Å². The smallest absolute Gasteiger partial charge is 0.248 e. The van der Waals surface area contributed by atoms with Crippen LogP contribution in [-0.2, 0) is 9.59 Å². The Hall–Kier alpha value is -3.28. The van der Waals surface area contributed by atoms with Gasteiger partial charge in [0.05, 0.1) is 19.8 Å². The van der Waals surface area contributed by atoms with Gasteiger partial charge >= 0.3 is 0 Å². The zero-order valence-electron chi connectivity index (χ0n) is 14.3. The second kappa shape index (κ2) is 8.54. The summed E-state index contributed by atoms with van der Waals surface area (Å²) in [4.78, 5) is 23.1. The highest BCUT2D eigenvalue weighted by Gasteiger charge is 2.07. The second-order valence-electron chi connectivity index (χ2n) is 5.16. The van der Waals surface area contributed by atoms with Crippen LogP contribution in [0, 0.1) is 0 Å². The summed E-state index contributed by atoms with van der Waals surface area (Å²) in [5.74, 6) is 0.789. The first-order valence-electron chi connectivity index (χ1n) is 7.61. The first kappa shape index (κ1) is 18.1. The lowest BCUT2D eigenvalue weighted by atomic mass is 10.1. The minimum absolute atomic E-state index is 0.148. The maximum Gasteiger partial charge on any atom is 0.248 e. The van der Waals surface area contributed by atoms with Crippen molar-refractivity contribution in [3.63, 3.8) is 0 Å². The van der Waals surface area contributed by atoms with Gasteiger partial charge in [-0.1, -0.05) is 6.07 Å². The third kappa shape index (κ3) is 5.10. The van der Waals surface area contributed by atoms with Crippen molar-refractivity contribution in [3.8, 4) is 11.5 Å². The maximum absolute atomic E-state index is 12.1. The molecule has 0 spiro atoms. The molecule has 130 valence electrons. The fourth-order valence-corrected chi connectivity index (χ4v) is 2.23. The monoisotopic (exact) mass is 340 g/mol. The van der Waals surface area contributed by atoms with Crippen molar-refractivity contribution in [2.45, 2.75) is 6.92 Å². The van der Waals surface area contributed by atoms with E-state index in [0.717, 1.165) is 0 Å². The van der Waals surface area contributed by atoms with E-state index >= 15 is 0 Å². The lowest BCUT2D eigenvalue weighted by Crippen LogP contribution is -2.09. The highest BCUT2D eigenvalue weighted by molar-refractivity contribution is 6.02. The fourth-order valence-electron chi connectivity index (χ4n) is 2.23. The van der Waals surface area contributed by atoms with Crippen LogP contribution in [0.15, 0.2) is 48.5 Å². The topological polar surface area (TPSA) is 76.7 Å². The van der Waals surface area contributed by atoms with Crippen molar-refractivity contribution in [2.75, 3.05) is 24.9 Å². The van der Waals surface area contributed by atoms with E-state index in [4.69, 9.17) is 9.47 Å². The Morgan fingerprint density at radius 3 is 1.88 bits per heavy atom. The van der Waals surface area contributed by atoms with Crippen molar-refractivity contribution in [2.24, 2.45) is 0 Å². The summed E-state index contributed by atoms with van der Waals surface area (Å²) in [6.07, 6.45) is 3.04. The number of methoxy groups -OCH3 is 2. The number of carbonyl (C=O) groups excluding carboxylic acids is 2. The molecular weight excluding hydrogens is 320 g/mol. The number of anilines is 2. The van der Waals surface area contributed by atoms with Crippen LogP contribution in [0.1, 0.15) is 12.5 Å². The average molecular weight is 340 g/mol. The minimum Gasteiger partial charge on any atom is -0.496 e. The number of hydrogen-bond donors (Lipinski definition) is 2. The quantitative estimate of drug-likeness (QED) is 0.791. The summed E-state index contributed by atoms with van der Waals surface area (Å²) >= 11 is 0. The average Bonchev–Trinajstić information content (AvgIpc) is 2.60. The molecule has 0 atom stereocenters. The van der Waals surface area contributed by atoms with E-state index in [-0.39, 0.29) is 11.8 Å². The lowest BCUT2D eigenvalue weighted by Gasteiger charge is -2.09. The Bertz CT molecular complexity index is 760. The van der Waals surface area contributed by atoms with Gasteiger partial charge in [-0.05, 0) is 42.5 Å². The Labute approximate surface area is 146 Å². The van der Waals surface area contributed by atoms with Crippen molar-refractivity contribution >= 4 is 29.3 Å².